The molecule has 0 radical (unpaired) electrons. The zero-order chi connectivity index (χ0) is 18.6. The van der Waals surface area contributed by atoms with Crippen molar-refractivity contribution in [2.24, 2.45) is 0 Å². The third-order valence-corrected chi connectivity index (χ3v) is 4.09. The molecule has 0 aliphatic rings. The van der Waals surface area contributed by atoms with Gasteiger partial charge in [-0.15, -0.1) is 0 Å². The van der Waals surface area contributed by atoms with E-state index >= 15 is 0 Å². The number of hydrogen-bond acceptors (Lipinski definition) is 3. The summed E-state index contributed by atoms with van der Waals surface area (Å²) in [6.07, 6.45) is 1.61. The molecule has 0 aliphatic carbocycles. The van der Waals surface area contributed by atoms with Gasteiger partial charge in [-0.25, -0.2) is 0 Å². The van der Waals surface area contributed by atoms with E-state index in [1.165, 1.54) is 12.1 Å². The van der Waals surface area contributed by atoms with Crippen LogP contribution < -0.4 is 10.9 Å². The number of aryl methyl sites for hydroxylation is 1. The number of benzene rings is 1. The van der Waals surface area contributed by atoms with Gasteiger partial charge in [0.05, 0.1) is 0 Å². The third kappa shape index (κ3) is 5.44. The Labute approximate surface area is 164 Å². The zero-order valence-corrected chi connectivity index (χ0v) is 16.1. The second-order valence-corrected chi connectivity index (χ2v) is 7.92. The summed E-state index contributed by atoms with van der Waals surface area (Å²) < 4.78 is -0.936. The van der Waals surface area contributed by atoms with Crippen molar-refractivity contribution in [2.75, 3.05) is 0 Å². The molecule has 0 aliphatic heterocycles. The Balaban J connectivity index is 2.31. The molecule has 1 aromatic carbocycles. The van der Waals surface area contributed by atoms with Crippen molar-refractivity contribution < 1.29 is 4.79 Å². The van der Waals surface area contributed by atoms with Crippen molar-refractivity contribution in [3.63, 3.8) is 0 Å². The van der Waals surface area contributed by atoms with Crippen LogP contribution in [0.3, 0.4) is 0 Å². The predicted octanol–water partition coefficient (Wildman–Crippen LogP) is 3.91. The van der Waals surface area contributed by atoms with Crippen molar-refractivity contribution in [3.8, 4) is 0 Å². The molecular weight excluding hydrogens is 405 g/mol. The minimum Gasteiger partial charge on any atom is -0.336 e. The van der Waals surface area contributed by atoms with Crippen LogP contribution in [0.4, 0.5) is 0 Å². The summed E-state index contributed by atoms with van der Waals surface area (Å²) in [6.45, 7) is 1.67. The van der Waals surface area contributed by atoms with Gasteiger partial charge in [0.2, 0.25) is 9.70 Å². The van der Waals surface area contributed by atoms with Gasteiger partial charge in [-0.2, -0.15) is 0 Å². The molecule has 132 valence electrons. The molecule has 0 bridgehead atoms. The highest BCUT2D eigenvalue weighted by Gasteiger charge is 2.36. The molecule has 0 unspecified atom stereocenters. The fourth-order valence-electron chi connectivity index (χ4n) is 2.08. The highest BCUT2D eigenvalue weighted by Crippen LogP contribution is 2.36. The van der Waals surface area contributed by atoms with Crippen LogP contribution in [-0.4, -0.2) is 19.3 Å². The molecule has 0 spiro atoms. The van der Waals surface area contributed by atoms with E-state index in [-0.39, 0.29) is 4.77 Å². The normalized spacial score (nSPS) is 13.0. The minimum atomic E-state index is -1.99. The van der Waals surface area contributed by atoms with Crippen LogP contribution in [0.15, 0.2) is 47.3 Å². The topological polar surface area (TPSA) is 66.9 Å². The number of rotatable bonds is 4. The first kappa shape index (κ1) is 19.7. The molecule has 1 amide bonds. The number of halogens is 3. The first-order chi connectivity index (χ1) is 11.7. The minimum absolute atomic E-state index is 0.0358. The van der Waals surface area contributed by atoms with E-state index in [1.807, 2.05) is 30.3 Å². The maximum atomic E-state index is 12.2. The van der Waals surface area contributed by atoms with Crippen molar-refractivity contribution in [1.82, 2.24) is 14.9 Å². The summed E-state index contributed by atoms with van der Waals surface area (Å²) >= 11 is 23.0. The van der Waals surface area contributed by atoms with Crippen molar-refractivity contribution in [3.05, 3.63) is 68.9 Å². The van der Waals surface area contributed by atoms with Gasteiger partial charge in [0.25, 0.3) is 5.56 Å². The molecule has 0 fully saturated rings. The summed E-state index contributed by atoms with van der Waals surface area (Å²) in [7, 11) is 0. The highest BCUT2D eigenvalue weighted by molar-refractivity contribution is 7.71. The molecule has 2 rings (SSSR count). The Morgan fingerprint density at radius 2 is 1.96 bits per heavy atom. The summed E-state index contributed by atoms with van der Waals surface area (Å²) in [5.74, 6) is -0.540. The van der Waals surface area contributed by atoms with E-state index < -0.39 is 21.4 Å². The van der Waals surface area contributed by atoms with Crippen LogP contribution in [0.25, 0.3) is 6.08 Å². The molecule has 0 saturated carbocycles. The number of H-pyrrole nitrogens is 1. The lowest BCUT2D eigenvalue weighted by molar-refractivity contribution is -0.117. The van der Waals surface area contributed by atoms with E-state index in [1.54, 1.807) is 13.0 Å². The Kier molecular flexibility index (Phi) is 6.46. The van der Waals surface area contributed by atoms with Crippen molar-refractivity contribution in [1.29, 1.82) is 0 Å². The number of aromatic amines is 1. The average Bonchev–Trinajstić information content (AvgIpc) is 2.51. The van der Waals surface area contributed by atoms with Gasteiger partial charge in [0.15, 0.2) is 10.9 Å². The Bertz CT molecular complexity index is 870. The molecule has 2 N–H and O–H groups in total. The van der Waals surface area contributed by atoms with Crippen molar-refractivity contribution >= 4 is 59.0 Å². The van der Waals surface area contributed by atoms with Crippen LogP contribution in [0, 0.1) is 11.7 Å². The molecule has 1 aromatic heterocycles. The number of amides is 1. The lowest BCUT2D eigenvalue weighted by atomic mass is 10.2. The molecule has 1 heterocycles. The lowest BCUT2D eigenvalue weighted by Gasteiger charge is -2.26. The van der Waals surface area contributed by atoms with E-state index in [4.69, 9.17) is 47.0 Å². The monoisotopic (exact) mass is 417 g/mol. The van der Waals surface area contributed by atoms with Crippen LogP contribution >= 0.6 is 47.0 Å². The highest BCUT2D eigenvalue weighted by atomic mass is 35.6. The van der Waals surface area contributed by atoms with Gasteiger partial charge >= 0.3 is 0 Å². The zero-order valence-electron chi connectivity index (χ0n) is 13.0. The fraction of sp³-hybridized carbons (Fsp3) is 0.188. The number of carbonyl (C=O) groups is 1. The summed E-state index contributed by atoms with van der Waals surface area (Å²) in [6, 6.07) is 10.5. The quantitative estimate of drug-likeness (QED) is 0.449. The average molecular weight is 419 g/mol. The van der Waals surface area contributed by atoms with Gasteiger partial charge in [-0.1, -0.05) is 65.1 Å². The number of hydrogen-bond donors (Lipinski definition) is 2. The Morgan fingerprint density at radius 3 is 2.52 bits per heavy atom. The largest absolute Gasteiger partial charge is 0.336 e. The Hall–Kier alpha value is -1.60. The number of nitrogens with one attached hydrogen (secondary N) is 2. The number of aromatic nitrogens is 2. The first-order valence-electron chi connectivity index (χ1n) is 7.11. The maximum Gasteiger partial charge on any atom is 0.256 e. The van der Waals surface area contributed by atoms with Gasteiger partial charge in [-0.05, 0) is 30.8 Å². The van der Waals surface area contributed by atoms with Gasteiger partial charge in [0.1, 0.15) is 0 Å². The van der Waals surface area contributed by atoms with Crippen LogP contribution in [0.5, 0.6) is 0 Å². The fourth-order valence-corrected chi connectivity index (χ4v) is 2.89. The third-order valence-electron chi connectivity index (χ3n) is 3.17. The second kappa shape index (κ2) is 8.19. The first-order valence-corrected chi connectivity index (χ1v) is 8.65. The summed E-state index contributed by atoms with van der Waals surface area (Å²) in [5, 5.41) is 2.50. The van der Waals surface area contributed by atoms with Gasteiger partial charge in [0, 0.05) is 17.8 Å². The standard InChI is InChI=1S/C16H14Cl3N3O2S/c1-10-9-13(24)22(15(25)20-10)14(16(17,18)19)21-12(23)8-7-11-5-3-2-4-6-11/h2-9,14H,1H3,(H,20,25)(H,21,23)/b8-7+/t14-/m1/s1. The molecular formula is C16H14Cl3N3O2S. The van der Waals surface area contributed by atoms with Crippen molar-refractivity contribution in [2.45, 2.75) is 16.9 Å². The smallest absolute Gasteiger partial charge is 0.256 e. The number of nitrogens with zero attached hydrogens (tertiary/aromatic N) is 1. The van der Waals surface area contributed by atoms with Crippen LogP contribution in [0.1, 0.15) is 17.4 Å². The molecule has 1 atom stereocenters. The Morgan fingerprint density at radius 1 is 1.32 bits per heavy atom. The summed E-state index contributed by atoms with van der Waals surface area (Å²) in [5.41, 5.74) is 0.891. The molecule has 9 heteroatoms. The molecule has 25 heavy (non-hydrogen) atoms. The van der Waals surface area contributed by atoms with E-state index in [9.17, 15) is 9.59 Å². The molecule has 0 saturated heterocycles. The van der Waals surface area contributed by atoms with Crippen LogP contribution in [0.2, 0.25) is 0 Å². The number of alkyl halides is 3. The lowest BCUT2D eigenvalue weighted by Crippen LogP contribution is -2.44. The van der Waals surface area contributed by atoms with Gasteiger partial charge in [-0.3, -0.25) is 14.2 Å². The van der Waals surface area contributed by atoms with E-state index in [0.717, 1.165) is 10.1 Å². The van der Waals surface area contributed by atoms with E-state index in [0.29, 0.717) is 5.69 Å². The molecule has 5 nitrogen and oxygen atoms in total. The second-order valence-electron chi connectivity index (χ2n) is 5.16. The summed E-state index contributed by atoms with van der Waals surface area (Å²) in [4.78, 5) is 27.2. The SMILES string of the molecule is Cc1cc(=O)n([C@@H](NC(=O)/C=C/c2ccccc2)C(Cl)(Cl)Cl)c(=S)[nH]1. The molecule has 2 aromatic rings. The predicted molar refractivity (Wildman–Crippen MR) is 104 cm³/mol. The maximum absolute atomic E-state index is 12.2. The van der Waals surface area contributed by atoms with E-state index in [2.05, 4.69) is 10.3 Å². The number of carbonyl (C=O) groups excluding carboxylic acids is 1. The van der Waals surface area contributed by atoms with Crippen LogP contribution in [-0.2, 0) is 4.79 Å². The van der Waals surface area contributed by atoms with Gasteiger partial charge < -0.3 is 10.3 Å².